The van der Waals surface area contributed by atoms with E-state index >= 15 is 4.79 Å². The van der Waals surface area contributed by atoms with Crippen molar-refractivity contribution in [1.82, 2.24) is 4.90 Å². The number of nitrogens with zero attached hydrogens (tertiary/aromatic N) is 1. The molecule has 7 nitrogen and oxygen atoms in total. The second-order valence-corrected chi connectivity index (χ2v) is 21.5. The Labute approximate surface area is 374 Å². The van der Waals surface area contributed by atoms with Crippen LogP contribution in [0.1, 0.15) is 121 Å². The lowest BCUT2D eigenvalue weighted by Crippen LogP contribution is -2.67. The Kier molecular flexibility index (Phi) is 11.0. The van der Waals surface area contributed by atoms with Gasteiger partial charge in [0.15, 0.2) is 5.76 Å². The number of aliphatic hydroxyl groups excluding tert-OH is 1. The van der Waals surface area contributed by atoms with E-state index < -0.39 is 45.8 Å². The van der Waals surface area contributed by atoms with E-state index in [4.69, 9.17) is 20.8 Å². The van der Waals surface area contributed by atoms with E-state index in [2.05, 4.69) is 52.8 Å². The van der Waals surface area contributed by atoms with Crippen LogP contribution < -0.4 is 0 Å². The second kappa shape index (κ2) is 15.6. The largest absolute Gasteiger partial charge is 0.453 e. The molecule has 0 aliphatic heterocycles. The van der Waals surface area contributed by atoms with Crippen molar-refractivity contribution in [3.63, 3.8) is 0 Å². The van der Waals surface area contributed by atoms with Gasteiger partial charge in [-0.2, -0.15) is 13.2 Å². The van der Waals surface area contributed by atoms with Gasteiger partial charge in [-0.05, 0) is 129 Å². The van der Waals surface area contributed by atoms with E-state index in [9.17, 15) is 28.2 Å². The summed E-state index contributed by atoms with van der Waals surface area (Å²) in [4.78, 5) is 31.6. The number of fused-ring (bicyclic) bond motifs is 1. The second-order valence-electron chi connectivity index (χ2n) is 21.1. The van der Waals surface area contributed by atoms with Gasteiger partial charge in [0.25, 0.3) is 0 Å². The van der Waals surface area contributed by atoms with Crippen LogP contribution in [0.15, 0.2) is 88.9 Å². The van der Waals surface area contributed by atoms with Gasteiger partial charge in [0.1, 0.15) is 11.9 Å². The van der Waals surface area contributed by atoms with E-state index in [0.29, 0.717) is 55.9 Å². The molecule has 63 heavy (non-hydrogen) atoms. The predicted molar refractivity (Wildman–Crippen MR) is 236 cm³/mol. The van der Waals surface area contributed by atoms with E-state index in [0.717, 1.165) is 43.4 Å². The molecule has 10 rings (SSSR count). The Hall–Kier alpha value is -3.86. The summed E-state index contributed by atoms with van der Waals surface area (Å²) in [6.45, 7) is 11.4. The zero-order valence-corrected chi connectivity index (χ0v) is 37.8. The van der Waals surface area contributed by atoms with Crippen LogP contribution in [0.5, 0.6) is 0 Å². The van der Waals surface area contributed by atoms with Gasteiger partial charge in [-0.1, -0.05) is 101 Å². The molecule has 2 spiro atoms. The summed E-state index contributed by atoms with van der Waals surface area (Å²) in [6.07, 6.45) is 7.89. The van der Waals surface area contributed by atoms with E-state index in [1.54, 1.807) is 4.90 Å². The summed E-state index contributed by atoms with van der Waals surface area (Å²) < 4.78 is 54.0. The topological polar surface area (TPSA) is 100 Å². The van der Waals surface area contributed by atoms with E-state index in [1.165, 1.54) is 18.2 Å². The number of carbonyl (C=O) groups is 2. The first-order valence-electron chi connectivity index (χ1n) is 23.1. The van der Waals surface area contributed by atoms with Crippen molar-refractivity contribution >= 4 is 23.5 Å². The van der Waals surface area contributed by atoms with Crippen LogP contribution in [-0.2, 0) is 17.5 Å². The van der Waals surface area contributed by atoms with Gasteiger partial charge in [-0.25, -0.2) is 4.79 Å². The number of rotatable bonds is 9. The molecule has 1 amide bonds. The number of hydrogen-bond acceptors (Lipinski definition) is 6. The Morgan fingerprint density at radius 2 is 1.65 bits per heavy atom. The maximum atomic E-state index is 15.3. The van der Waals surface area contributed by atoms with Crippen molar-refractivity contribution in [1.29, 1.82) is 0 Å². The van der Waals surface area contributed by atoms with Crippen LogP contribution >= 0.6 is 11.6 Å². The third kappa shape index (κ3) is 7.06. The molecule has 1 heterocycles. The minimum Gasteiger partial charge on any atom is -0.453 e. The van der Waals surface area contributed by atoms with Crippen molar-refractivity contribution in [3.8, 4) is 11.3 Å². The number of ketones is 1. The molecule has 338 valence electrons. The van der Waals surface area contributed by atoms with Gasteiger partial charge in [0.2, 0.25) is 5.78 Å². The highest BCUT2D eigenvalue weighted by molar-refractivity contribution is 6.33. The molecule has 2 N–H and O–H groups in total. The molecular weight excluding hydrogens is 827 g/mol. The van der Waals surface area contributed by atoms with Crippen LogP contribution in [0.3, 0.4) is 0 Å². The van der Waals surface area contributed by atoms with Gasteiger partial charge >= 0.3 is 12.3 Å². The average molecular weight is 889 g/mol. The molecule has 4 fully saturated rings. The lowest BCUT2D eigenvalue weighted by molar-refractivity contribution is -0.176. The highest BCUT2D eigenvalue weighted by Crippen LogP contribution is 2.78. The predicted octanol–water partition coefficient (Wildman–Crippen LogP) is 12.5. The number of alkyl halides is 3. The quantitative estimate of drug-likeness (QED) is 0.164. The monoisotopic (exact) mass is 887 g/mol. The third-order valence-electron chi connectivity index (χ3n) is 17.5. The zero-order chi connectivity index (χ0) is 44.9. The molecule has 7 aliphatic rings. The number of aliphatic hydroxyl groups is 2. The fourth-order valence-electron chi connectivity index (χ4n) is 14.0. The fraction of sp³-hybridized carbons (Fsp3) is 0.577. The molecule has 2 bridgehead atoms. The van der Waals surface area contributed by atoms with Crippen LogP contribution in [0.2, 0.25) is 5.02 Å². The maximum absolute atomic E-state index is 15.3. The van der Waals surface area contributed by atoms with Crippen molar-refractivity contribution in [2.45, 2.75) is 129 Å². The van der Waals surface area contributed by atoms with Crippen molar-refractivity contribution in [2.24, 2.45) is 51.2 Å². The number of amides is 1. The number of halogens is 4. The maximum Gasteiger partial charge on any atom is 0.416 e. The Balaban J connectivity index is 1.09. The summed E-state index contributed by atoms with van der Waals surface area (Å²) in [5.74, 6) is 0.500. The number of furan rings is 1. The average Bonchev–Trinajstić information content (AvgIpc) is 3.83. The van der Waals surface area contributed by atoms with Crippen LogP contribution in [-0.4, -0.2) is 51.3 Å². The molecule has 0 saturated heterocycles. The minimum absolute atomic E-state index is 0.00846. The van der Waals surface area contributed by atoms with Gasteiger partial charge in [-0.15, -0.1) is 0 Å². The van der Waals surface area contributed by atoms with Crippen LogP contribution in [0, 0.1) is 51.2 Å². The van der Waals surface area contributed by atoms with Crippen molar-refractivity contribution < 1.29 is 42.1 Å². The lowest BCUT2D eigenvalue weighted by atomic mass is 9.32. The fourth-order valence-corrected chi connectivity index (χ4v) is 14.2. The molecule has 0 radical (unpaired) electrons. The Morgan fingerprint density at radius 3 is 2.38 bits per heavy atom. The zero-order valence-electron chi connectivity index (χ0n) is 37.0. The molecule has 2 aromatic carbocycles. The summed E-state index contributed by atoms with van der Waals surface area (Å²) in [5.41, 5.74) is -3.18. The summed E-state index contributed by atoms with van der Waals surface area (Å²) in [7, 11) is 0. The molecule has 11 unspecified atom stereocenters. The summed E-state index contributed by atoms with van der Waals surface area (Å²) in [5, 5.41) is 24.6. The first kappa shape index (κ1) is 44.3. The van der Waals surface area contributed by atoms with Crippen LogP contribution in [0.25, 0.3) is 11.3 Å². The third-order valence-corrected chi connectivity index (χ3v) is 17.8. The number of allylic oxidation sites excluding steroid dienone is 4. The summed E-state index contributed by atoms with van der Waals surface area (Å²) >= 11 is 6.43. The van der Waals surface area contributed by atoms with Crippen molar-refractivity contribution in [2.75, 3.05) is 6.54 Å². The van der Waals surface area contributed by atoms with E-state index in [-0.39, 0.29) is 70.3 Å². The Morgan fingerprint density at radius 1 is 0.937 bits per heavy atom. The molecule has 11 atom stereocenters. The number of carbonyl (C=O) groups excluding carboxylic acids is 2. The molecule has 4 saturated carbocycles. The SMILES string of the molecule is CC1CCC(C(C)C)C(OC(=O)N(Cc2ccccc2)CC2(O)CCC3C45C=CC6(C=C4C(=O)c4ccc(-c7cc(C(F)(F)F)ccc7Cl)o4)CC(O)CCC6(C)C5CCC32C)C1. The van der Waals surface area contributed by atoms with Gasteiger partial charge in [0.05, 0.1) is 28.8 Å². The first-order valence-corrected chi connectivity index (χ1v) is 23.5. The highest BCUT2D eigenvalue weighted by atomic mass is 35.5. The first-order chi connectivity index (χ1) is 29.7. The normalized spacial score (nSPS) is 36.9. The van der Waals surface area contributed by atoms with Gasteiger partial charge in [-0.3, -0.25) is 4.79 Å². The highest BCUT2D eigenvalue weighted by Gasteiger charge is 2.74. The Bertz CT molecular complexity index is 2320. The number of ether oxygens (including phenoxy) is 1. The molecule has 1 aromatic heterocycles. The minimum atomic E-state index is -4.60. The molecule has 11 heteroatoms. The number of hydrogen-bond donors (Lipinski definition) is 2. The lowest BCUT2D eigenvalue weighted by Gasteiger charge is -2.71. The number of Topliss-reactive ketones (excluding diaryl/α,β-unsaturated/α-hetero) is 1. The molecule has 7 aliphatic carbocycles. The summed E-state index contributed by atoms with van der Waals surface area (Å²) in [6, 6.07) is 15.8. The van der Waals surface area contributed by atoms with Gasteiger partial charge < -0.3 is 24.3 Å². The number of benzene rings is 2. The van der Waals surface area contributed by atoms with Crippen molar-refractivity contribution in [3.05, 3.63) is 106 Å². The molecule has 3 aromatic rings. The smallest absolute Gasteiger partial charge is 0.416 e. The van der Waals surface area contributed by atoms with E-state index in [1.807, 2.05) is 30.3 Å². The van der Waals surface area contributed by atoms with Crippen LogP contribution in [0.4, 0.5) is 18.0 Å². The van der Waals surface area contributed by atoms with Gasteiger partial charge in [0, 0.05) is 33.9 Å². The molecular formula is C52H61ClF3NO6. The standard InChI is InChI=1S/C52H61ClF3NO6/c1-31(2)36-13-11-32(3)25-42(36)63-46(60)57(29-33-9-7-6-8-10-33)30-50(61)22-19-44-48(50,5)21-18-43-47(4)20-17-35(58)27-49(47)23-24-51(43,44)38(28-49)45(59)41-16-15-40(62-41)37-26-34(52(54,55)56)12-14-39(37)53/h6-10,12,14-16,23-24,26,28,31-32,35-36,42-44,58,61H,11,13,17-22,25,27,29-30H2,1-5H3.